The van der Waals surface area contributed by atoms with E-state index in [1.165, 1.54) is 28.8 Å². The number of likely N-dealkylation sites (N-methyl/N-ethyl adjacent to an activating group) is 1. The van der Waals surface area contributed by atoms with Crippen LogP contribution in [0.4, 0.5) is 16.0 Å². The topological polar surface area (TPSA) is 111 Å². The van der Waals surface area contributed by atoms with Crippen molar-refractivity contribution in [2.45, 2.75) is 25.8 Å². The standard InChI is InChI=1S/C32H32ClFN8O3/c1-3-26(43)40-12-14-41(15-13-40)29-21-7-5-10-42(31(44)27-22-17-35-38-24(22)16-23(34)28(27)33)30(21)37-32(36-29)45-25-8-4-6-19-18-39(2)11-9-20(19)25/h3-4,6,8,16-17H,1,5,7,9-15,18H2,2H3,(H,35,38). The summed E-state index contributed by atoms with van der Waals surface area (Å²) in [6, 6.07) is 7.31. The number of piperazine rings is 1. The van der Waals surface area contributed by atoms with Gasteiger partial charge in [-0.15, -0.1) is 0 Å². The summed E-state index contributed by atoms with van der Waals surface area (Å²) < 4.78 is 21.3. The number of hydrogen-bond acceptors (Lipinski definition) is 8. The molecule has 1 N–H and O–H groups in total. The van der Waals surface area contributed by atoms with Crippen LogP contribution in [0.3, 0.4) is 0 Å². The number of H-pyrrole nitrogens is 1. The van der Waals surface area contributed by atoms with Gasteiger partial charge in [-0.3, -0.25) is 19.6 Å². The Labute approximate surface area is 264 Å². The number of nitrogens with zero attached hydrogens (tertiary/aromatic N) is 7. The molecule has 13 heteroatoms. The van der Waals surface area contributed by atoms with Crippen molar-refractivity contribution in [1.29, 1.82) is 0 Å². The fourth-order valence-corrected chi connectivity index (χ4v) is 6.70. The largest absolute Gasteiger partial charge is 0.424 e. The highest BCUT2D eigenvalue weighted by Crippen LogP contribution is 2.39. The summed E-state index contributed by atoms with van der Waals surface area (Å²) >= 11 is 6.42. The zero-order valence-corrected chi connectivity index (χ0v) is 25.6. The first-order valence-electron chi connectivity index (χ1n) is 15.0. The third-order valence-corrected chi connectivity index (χ3v) is 9.15. The van der Waals surface area contributed by atoms with E-state index < -0.39 is 11.7 Å². The van der Waals surface area contributed by atoms with Gasteiger partial charge in [0.25, 0.3) is 5.91 Å². The molecule has 2 aromatic heterocycles. The Balaban J connectivity index is 1.31. The average molecular weight is 631 g/mol. The minimum Gasteiger partial charge on any atom is -0.424 e. The number of ether oxygens (including phenoxy) is 1. The van der Waals surface area contributed by atoms with Gasteiger partial charge >= 0.3 is 6.01 Å². The van der Waals surface area contributed by atoms with Gasteiger partial charge in [-0.1, -0.05) is 30.3 Å². The summed E-state index contributed by atoms with van der Waals surface area (Å²) in [5.74, 6) is 0.419. The molecule has 2 aromatic carbocycles. The zero-order valence-electron chi connectivity index (χ0n) is 24.9. The Hall–Kier alpha value is -4.55. The van der Waals surface area contributed by atoms with Crippen molar-refractivity contribution in [3.8, 4) is 11.8 Å². The molecule has 45 heavy (non-hydrogen) atoms. The molecule has 11 nitrogen and oxygen atoms in total. The number of carbonyl (C=O) groups is 2. The Morgan fingerprint density at radius 2 is 1.87 bits per heavy atom. The molecule has 0 bridgehead atoms. The van der Waals surface area contributed by atoms with Crippen molar-refractivity contribution in [3.05, 3.63) is 76.2 Å². The molecule has 4 aromatic rings. The first-order chi connectivity index (χ1) is 21.8. The Morgan fingerprint density at radius 1 is 1.07 bits per heavy atom. The van der Waals surface area contributed by atoms with Crippen LogP contribution < -0.4 is 14.5 Å². The Morgan fingerprint density at radius 3 is 2.67 bits per heavy atom. The smallest absolute Gasteiger partial charge is 0.325 e. The minimum absolute atomic E-state index is 0.0219. The molecule has 1 saturated heterocycles. The van der Waals surface area contributed by atoms with Crippen molar-refractivity contribution in [2.75, 3.05) is 56.1 Å². The van der Waals surface area contributed by atoms with E-state index in [0.29, 0.717) is 73.9 Å². The van der Waals surface area contributed by atoms with Gasteiger partial charge in [0.2, 0.25) is 5.91 Å². The zero-order chi connectivity index (χ0) is 31.2. The molecule has 0 atom stereocenters. The second-order valence-electron chi connectivity index (χ2n) is 11.6. The summed E-state index contributed by atoms with van der Waals surface area (Å²) in [6.45, 7) is 7.75. The van der Waals surface area contributed by atoms with Crippen molar-refractivity contribution in [2.24, 2.45) is 0 Å². The van der Waals surface area contributed by atoms with Gasteiger partial charge < -0.3 is 19.4 Å². The summed E-state index contributed by atoms with van der Waals surface area (Å²) in [4.78, 5) is 43.9. The van der Waals surface area contributed by atoms with E-state index in [1.54, 1.807) is 4.90 Å². The van der Waals surface area contributed by atoms with Crippen LogP contribution in [0.5, 0.6) is 11.8 Å². The van der Waals surface area contributed by atoms with Crippen molar-refractivity contribution in [1.82, 2.24) is 30.0 Å². The van der Waals surface area contributed by atoms with E-state index in [9.17, 15) is 14.0 Å². The van der Waals surface area contributed by atoms with Gasteiger partial charge in [0.1, 0.15) is 23.2 Å². The number of nitrogens with one attached hydrogen (secondary N) is 1. The molecule has 0 radical (unpaired) electrons. The molecule has 0 spiro atoms. The molecule has 0 aliphatic carbocycles. The number of benzene rings is 2. The summed E-state index contributed by atoms with van der Waals surface area (Å²) in [5.41, 5.74) is 3.48. The second kappa shape index (κ2) is 11.8. The van der Waals surface area contributed by atoms with E-state index in [0.717, 1.165) is 30.6 Å². The predicted octanol–water partition coefficient (Wildman–Crippen LogP) is 4.35. The number of aromatic nitrogens is 4. The lowest BCUT2D eigenvalue weighted by Crippen LogP contribution is -2.49. The summed E-state index contributed by atoms with van der Waals surface area (Å²) in [7, 11) is 2.09. The van der Waals surface area contributed by atoms with E-state index in [2.05, 4.69) is 39.7 Å². The molecule has 0 saturated carbocycles. The van der Waals surface area contributed by atoms with Crippen molar-refractivity contribution < 1.29 is 18.7 Å². The number of rotatable bonds is 5. The third kappa shape index (κ3) is 5.27. The maximum absolute atomic E-state index is 14.9. The lowest BCUT2D eigenvalue weighted by Gasteiger charge is -2.37. The molecule has 1 fully saturated rings. The third-order valence-electron chi connectivity index (χ3n) is 8.79. The van der Waals surface area contributed by atoms with Crippen molar-refractivity contribution in [3.63, 3.8) is 0 Å². The first-order valence-corrected chi connectivity index (χ1v) is 15.4. The van der Waals surface area contributed by atoms with Crippen LogP contribution in [0, 0.1) is 5.82 Å². The molecular weight excluding hydrogens is 599 g/mol. The molecule has 3 aliphatic rings. The van der Waals surface area contributed by atoms with Crippen LogP contribution in [0.25, 0.3) is 10.9 Å². The van der Waals surface area contributed by atoms with Crippen LogP contribution in [0.1, 0.15) is 33.5 Å². The number of halogens is 2. The van der Waals surface area contributed by atoms with Crippen molar-refractivity contribution >= 4 is 46.0 Å². The monoisotopic (exact) mass is 630 g/mol. The molecule has 0 unspecified atom stereocenters. The number of amides is 2. The number of anilines is 2. The first kappa shape index (κ1) is 29.2. The average Bonchev–Trinajstić information content (AvgIpc) is 3.51. The highest BCUT2D eigenvalue weighted by atomic mass is 35.5. The molecule has 232 valence electrons. The molecular formula is C32H32ClFN8O3. The SMILES string of the molecule is C=CC(=O)N1CCN(c2nc(Oc3cccc4c3CCN(C)C4)nc3c2CCCN3C(=O)c2c(Cl)c(F)cc3[nH]ncc23)CC1. The molecule has 2 amide bonds. The summed E-state index contributed by atoms with van der Waals surface area (Å²) in [6.07, 6.45) is 4.89. The van der Waals surface area contributed by atoms with Crippen LogP contribution >= 0.6 is 11.6 Å². The maximum Gasteiger partial charge on any atom is 0.325 e. The lowest BCUT2D eigenvalue weighted by atomic mass is 9.99. The normalized spacial score (nSPS) is 16.8. The fourth-order valence-electron chi connectivity index (χ4n) is 6.47. The van der Waals surface area contributed by atoms with Gasteiger partial charge in [0.05, 0.1) is 22.3 Å². The Bertz CT molecular complexity index is 1840. The van der Waals surface area contributed by atoms with Gasteiger partial charge in [-0.25, -0.2) is 4.39 Å². The van der Waals surface area contributed by atoms with E-state index >= 15 is 0 Å². The van der Waals surface area contributed by atoms with E-state index in [1.807, 2.05) is 12.1 Å². The highest BCUT2D eigenvalue weighted by molar-refractivity contribution is 6.36. The number of aromatic amines is 1. The van der Waals surface area contributed by atoms with Gasteiger partial charge in [-0.05, 0) is 44.0 Å². The van der Waals surface area contributed by atoms with E-state index in [-0.39, 0.29) is 22.5 Å². The molecule has 3 aliphatic heterocycles. The number of hydrogen-bond donors (Lipinski definition) is 1. The maximum atomic E-state index is 14.9. The van der Waals surface area contributed by atoms with E-state index in [4.69, 9.17) is 26.3 Å². The quantitative estimate of drug-likeness (QED) is 0.324. The minimum atomic E-state index is -0.715. The molecule has 5 heterocycles. The number of fused-ring (bicyclic) bond motifs is 3. The van der Waals surface area contributed by atoms with Gasteiger partial charge in [-0.2, -0.15) is 15.1 Å². The van der Waals surface area contributed by atoms with Crippen LogP contribution in [-0.2, 0) is 24.2 Å². The number of carbonyl (C=O) groups excluding carboxylic acids is 2. The second-order valence-corrected chi connectivity index (χ2v) is 11.9. The fraction of sp³-hybridized carbons (Fsp3) is 0.344. The van der Waals surface area contributed by atoms with Gasteiger partial charge in [0, 0.05) is 68.4 Å². The molecule has 7 rings (SSSR count). The highest BCUT2D eigenvalue weighted by Gasteiger charge is 2.34. The van der Waals surface area contributed by atoms with Gasteiger partial charge in [0.15, 0.2) is 0 Å². The Kier molecular flexibility index (Phi) is 7.62. The van der Waals surface area contributed by atoms with Crippen LogP contribution in [0.2, 0.25) is 5.02 Å². The summed E-state index contributed by atoms with van der Waals surface area (Å²) in [5, 5.41) is 6.89. The predicted molar refractivity (Wildman–Crippen MR) is 169 cm³/mol. The lowest BCUT2D eigenvalue weighted by molar-refractivity contribution is -0.126. The van der Waals surface area contributed by atoms with Crippen LogP contribution in [-0.4, -0.2) is 88.1 Å². The van der Waals surface area contributed by atoms with Crippen LogP contribution in [0.15, 0.2) is 43.1 Å².